The van der Waals surface area contributed by atoms with E-state index in [-0.39, 0.29) is 11.3 Å². The number of hydrogen-bond donors (Lipinski definition) is 2. The number of benzene rings is 2. The summed E-state index contributed by atoms with van der Waals surface area (Å²) in [7, 11) is 0. The van der Waals surface area contributed by atoms with Gasteiger partial charge in [0.25, 0.3) is 5.56 Å². The highest BCUT2D eigenvalue weighted by Gasteiger charge is 2.21. The molecule has 2 N–H and O–H groups in total. The number of thiophene rings is 1. The minimum absolute atomic E-state index is 0.310. The third-order valence-corrected chi connectivity index (χ3v) is 5.85. The van der Waals surface area contributed by atoms with E-state index in [0.29, 0.717) is 20.1 Å². The van der Waals surface area contributed by atoms with Crippen LogP contribution in [0.15, 0.2) is 53.3 Å². The number of aromatic hydroxyl groups is 1. The maximum absolute atomic E-state index is 11.9. The van der Waals surface area contributed by atoms with Crippen molar-refractivity contribution in [3.05, 3.63) is 74.3 Å². The Bertz CT molecular complexity index is 1280. The van der Waals surface area contributed by atoms with Gasteiger partial charge in [-0.1, -0.05) is 60.1 Å². The SMILES string of the molecule is Cc1ccccc1-c1ccc(-c2c(Cl)sc3[nH]c(=O)c(C#N)c(O)c23)cc1. The molecule has 4 aromatic rings. The zero-order chi connectivity index (χ0) is 19.1. The Morgan fingerprint density at radius 1 is 1.11 bits per heavy atom. The molecule has 27 heavy (non-hydrogen) atoms. The highest BCUT2D eigenvalue weighted by atomic mass is 35.5. The van der Waals surface area contributed by atoms with E-state index in [1.54, 1.807) is 6.07 Å². The quantitative estimate of drug-likeness (QED) is 0.475. The topological polar surface area (TPSA) is 76.9 Å². The first-order chi connectivity index (χ1) is 13.0. The van der Waals surface area contributed by atoms with Gasteiger partial charge in [-0.15, -0.1) is 11.3 Å². The van der Waals surface area contributed by atoms with E-state index in [9.17, 15) is 9.90 Å². The van der Waals surface area contributed by atoms with Gasteiger partial charge in [0.05, 0.1) is 5.39 Å². The summed E-state index contributed by atoms with van der Waals surface area (Å²) in [6.07, 6.45) is 0. The summed E-state index contributed by atoms with van der Waals surface area (Å²) in [6.45, 7) is 2.06. The molecule has 0 aliphatic heterocycles. The summed E-state index contributed by atoms with van der Waals surface area (Å²) in [6, 6.07) is 17.7. The Balaban J connectivity index is 1.91. The van der Waals surface area contributed by atoms with Gasteiger partial charge in [0, 0.05) is 5.56 Å². The number of nitrogens with zero attached hydrogens (tertiary/aromatic N) is 1. The largest absolute Gasteiger partial charge is 0.506 e. The van der Waals surface area contributed by atoms with Crippen molar-refractivity contribution in [1.82, 2.24) is 4.98 Å². The predicted octanol–water partition coefficient (Wildman–Crippen LogP) is 5.46. The van der Waals surface area contributed by atoms with E-state index in [0.717, 1.165) is 28.0 Å². The number of nitrogens with one attached hydrogen (secondary N) is 1. The Hall–Kier alpha value is -3.07. The van der Waals surface area contributed by atoms with Gasteiger partial charge in [-0.25, -0.2) is 0 Å². The summed E-state index contributed by atoms with van der Waals surface area (Å²) in [5, 5.41) is 20.0. The molecule has 4 rings (SSSR count). The molecule has 0 atom stereocenters. The smallest absolute Gasteiger partial charge is 0.270 e. The molecule has 6 heteroatoms. The number of aryl methyl sites for hydroxylation is 1. The summed E-state index contributed by atoms with van der Waals surface area (Å²) in [4.78, 5) is 15.0. The Labute approximate surface area is 163 Å². The fraction of sp³-hybridized carbons (Fsp3) is 0.0476. The number of halogens is 1. The van der Waals surface area contributed by atoms with Crippen molar-refractivity contribution in [3.63, 3.8) is 0 Å². The first-order valence-electron chi connectivity index (χ1n) is 8.15. The van der Waals surface area contributed by atoms with Crippen LogP contribution < -0.4 is 5.56 Å². The van der Waals surface area contributed by atoms with Crippen LogP contribution in [0.4, 0.5) is 0 Å². The van der Waals surface area contributed by atoms with Gasteiger partial charge < -0.3 is 10.1 Å². The lowest BCUT2D eigenvalue weighted by molar-refractivity contribution is 0.479. The number of fused-ring (bicyclic) bond motifs is 1. The molecule has 0 bridgehead atoms. The lowest BCUT2D eigenvalue weighted by Gasteiger charge is -2.08. The third-order valence-electron chi connectivity index (χ3n) is 4.53. The maximum Gasteiger partial charge on any atom is 0.270 e. The Kier molecular flexibility index (Phi) is 4.23. The van der Waals surface area contributed by atoms with Crippen LogP contribution in [0.25, 0.3) is 32.5 Å². The van der Waals surface area contributed by atoms with Crippen LogP contribution in [0.1, 0.15) is 11.1 Å². The molecule has 0 unspecified atom stereocenters. The normalized spacial score (nSPS) is 10.9. The van der Waals surface area contributed by atoms with Gasteiger partial charge in [0.15, 0.2) is 5.56 Å². The van der Waals surface area contributed by atoms with Crippen molar-refractivity contribution in [2.45, 2.75) is 6.92 Å². The lowest BCUT2D eigenvalue weighted by atomic mass is 9.97. The Morgan fingerprint density at radius 2 is 1.78 bits per heavy atom. The molecule has 132 valence electrons. The highest BCUT2D eigenvalue weighted by molar-refractivity contribution is 7.23. The molecular formula is C21H13ClN2O2S. The number of hydrogen-bond acceptors (Lipinski definition) is 4. The number of aromatic nitrogens is 1. The minimum Gasteiger partial charge on any atom is -0.506 e. The van der Waals surface area contributed by atoms with E-state index in [1.807, 2.05) is 36.4 Å². The van der Waals surface area contributed by atoms with E-state index in [1.165, 1.54) is 5.56 Å². The van der Waals surface area contributed by atoms with E-state index in [4.69, 9.17) is 16.9 Å². The van der Waals surface area contributed by atoms with Crippen molar-refractivity contribution >= 4 is 33.2 Å². The van der Waals surface area contributed by atoms with Gasteiger partial charge in [0.2, 0.25) is 0 Å². The van der Waals surface area contributed by atoms with Crippen LogP contribution in [0.2, 0.25) is 4.34 Å². The van der Waals surface area contributed by atoms with Gasteiger partial charge in [0.1, 0.15) is 21.0 Å². The van der Waals surface area contributed by atoms with Crippen molar-refractivity contribution in [3.8, 4) is 34.1 Å². The highest BCUT2D eigenvalue weighted by Crippen LogP contribution is 2.45. The molecule has 2 heterocycles. The zero-order valence-electron chi connectivity index (χ0n) is 14.2. The second kappa shape index (κ2) is 6.58. The molecule has 0 aliphatic carbocycles. The van der Waals surface area contributed by atoms with Crippen molar-refractivity contribution in [2.24, 2.45) is 0 Å². The first-order valence-corrected chi connectivity index (χ1v) is 9.34. The van der Waals surface area contributed by atoms with Crippen LogP contribution in [-0.4, -0.2) is 10.1 Å². The molecule has 0 amide bonds. The molecule has 0 aliphatic rings. The molecule has 0 fully saturated rings. The number of aromatic amines is 1. The monoisotopic (exact) mass is 392 g/mol. The number of rotatable bonds is 2. The van der Waals surface area contributed by atoms with Gasteiger partial charge in [-0.3, -0.25) is 4.79 Å². The molecule has 2 aromatic heterocycles. The summed E-state index contributed by atoms with van der Waals surface area (Å²) in [5.41, 5.74) is 3.87. The molecular weight excluding hydrogens is 380 g/mol. The number of H-pyrrole nitrogens is 1. The summed E-state index contributed by atoms with van der Waals surface area (Å²) in [5.74, 6) is -0.336. The second-order valence-electron chi connectivity index (χ2n) is 6.14. The number of pyridine rings is 1. The van der Waals surface area contributed by atoms with E-state index >= 15 is 0 Å². The van der Waals surface area contributed by atoms with Crippen LogP contribution in [0.5, 0.6) is 5.75 Å². The second-order valence-corrected chi connectivity index (χ2v) is 7.76. The fourth-order valence-corrected chi connectivity index (χ4v) is 4.57. The molecule has 2 aromatic carbocycles. The van der Waals surface area contributed by atoms with Crippen LogP contribution >= 0.6 is 22.9 Å². The average Bonchev–Trinajstić information content (AvgIpc) is 2.98. The lowest BCUT2D eigenvalue weighted by Crippen LogP contribution is -2.09. The number of nitriles is 1. The summed E-state index contributed by atoms with van der Waals surface area (Å²) < 4.78 is 0.440. The molecule has 0 saturated heterocycles. The first kappa shape index (κ1) is 17.3. The third kappa shape index (κ3) is 2.80. The van der Waals surface area contributed by atoms with Crippen LogP contribution in [0, 0.1) is 18.3 Å². The molecule has 0 radical (unpaired) electrons. The minimum atomic E-state index is -0.623. The molecule has 0 spiro atoms. The van der Waals surface area contributed by atoms with Gasteiger partial charge in [-0.05, 0) is 29.2 Å². The zero-order valence-corrected chi connectivity index (χ0v) is 15.8. The van der Waals surface area contributed by atoms with Gasteiger partial charge >= 0.3 is 0 Å². The summed E-state index contributed by atoms with van der Waals surface area (Å²) >= 11 is 7.57. The van der Waals surface area contributed by atoms with Gasteiger partial charge in [-0.2, -0.15) is 5.26 Å². The molecule has 0 saturated carbocycles. The predicted molar refractivity (Wildman–Crippen MR) is 109 cm³/mol. The van der Waals surface area contributed by atoms with Crippen LogP contribution in [-0.2, 0) is 0 Å². The average molecular weight is 393 g/mol. The maximum atomic E-state index is 11.9. The van der Waals surface area contributed by atoms with Crippen molar-refractivity contribution in [2.75, 3.05) is 0 Å². The van der Waals surface area contributed by atoms with Crippen LogP contribution in [0.3, 0.4) is 0 Å². The van der Waals surface area contributed by atoms with Crippen molar-refractivity contribution < 1.29 is 5.11 Å². The van der Waals surface area contributed by atoms with E-state index < -0.39 is 5.56 Å². The van der Waals surface area contributed by atoms with Crippen molar-refractivity contribution in [1.29, 1.82) is 5.26 Å². The fourth-order valence-electron chi connectivity index (χ4n) is 3.19. The standard InChI is InChI=1S/C21H13ClN2O2S/c1-11-4-2-3-5-14(11)12-6-8-13(9-7-12)16-17-18(25)15(10-23)20(26)24-21(17)27-19(16)22/h2-9H,1H3,(H2,24,25,26). The van der Waals surface area contributed by atoms with E-state index in [2.05, 4.69) is 24.0 Å². The molecule has 4 nitrogen and oxygen atoms in total. The Morgan fingerprint density at radius 3 is 2.44 bits per heavy atom.